The normalized spacial score (nSPS) is 14.5. The first-order valence-corrected chi connectivity index (χ1v) is 33.1. The number of ether oxygens (including phenoxy) is 3. The van der Waals surface area contributed by atoms with Crippen LogP contribution in [0.2, 0.25) is 0 Å². The van der Waals surface area contributed by atoms with Crippen LogP contribution in [0.15, 0.2) is 174 Å². The molecule has 26 heteroatoms. The van der Waals surface area contributed by atoms with E-state index in [4.69, 9.17) is 14.2 Å². The van der Waals surface area contributed by atoms with Crippen molar-refractivity contribution in [2.24, 2.45) is 0 Å². The molecule has 490 valence electrons. The highest BCUT2D eigenvalue weighted by Crippen LogP contribution is 2.47. The molecule has 2 N–H and O–H groups in total. The molecule has 0 aromatic heterocycles. The zero-order valence-corrected chi connectivity index (χ0v) is 54.3. The Hall–Kier alpha value is -13.0. The van der Waals surface area contributed by atoms with E-state index in [2.05, 4.69) is 18.2 Å². The quantitative estimate of drug-likeness (QED) is 0.0754. The number of nitriles is 3. The maximum absolute atomic E-state index is 14.9. The fourth-order valence-corrected chi connectivity index (χ4v) is 14.4. The molecule has 1 atom stereocenters. The Labute approximate surface area is 567 Å². The minimum atomic E-state index is -5.37. The second-order valence-electron chi connectivity index (χ2n) is 24.4. The highest BCUT2D eigenvalue weighted by molar-refractivity contribution is 7.86. The Bertz CT molecular complexity index is 5790. The van der Waals surface area contributed by atoms with Gasteiger partial charge < -0.3 is 14.2 Å². The maximum Gasteiger partial charge on any atom is 0.298 e. The average molecular weight is 1370 g/mol. The fourth-order valence-electron chi connectivity index (χ4n) is 13.1. The van der Waals surface area contributed by atoms with Crippen LogP contribution in [0.4, 0.5) is 11.4 Å². The molecule has 1 unspecified atom stereocenters. The summed E-state index contributed by atoms with van der Waals surface area (Å²) in [6.07, 6.45) is 0. The summed E-state index contributed by atoms with van der Waals surface area (Å²) in [5, 5.41) is 30.0. The lowest BCUT2D eigenvalue weighted by Crippen LogP contribution is -2.55. The Balaban J connectivity index is 0.726. The van der Waals surface area contributed by atoms with E-state index >= 15 is 0 Å². The average Bonchev–Trinajstić information content (AvgIpc) is 0.707. The number of amides is 8. The number of hydrogen-bond acceptors (Lipinski definition) is 18. The summed E-state index contributed by atoms with van der Waals surface area (Å²) in [7, 11) is -9.41. The van der Waals surface area contributed by atoms with Crippen LogP contribution in [0.5, 0.6) is 34.5 Å². The monoisotopic (exact) mass is 1370 g/mol. The molecule has 14 rings (SSSR count). The summed E-state index contributed by atoms with van der Waals surface area (Å²) >= 11 is 0. The first-order valence-electron chi connectivity index (χ1n) is 30.2. The van der Waals surface area contributed by atoms with Crippen LogP contribution in [0.1, 0.15) is 137 Å². The molecule has 24 nitrogen and oxygen atoms in total. The summed E-state index contributed by atoms with van der Waals surface area (Å²) in [4.78, 5) is 115. The minimum absolute atomic E-state index is 0.00414. The van der Waals surface area contributed by atoms with E-state index in [0.717, 1.165) is 44.5 Å². The number of hydrogen-bond donors (Lipinski definition) is 2. The predicted octanol–water partition coefficient (Wildman–Crippen LogP) is 12.5. The van der Waals surface area contributed by atoms with Crippen LogP contribution in [0.25, 0.3) is 32.7 Å². The van der Waals surface area contributed by atoms with E-state index in [1.165, 1.54) is 93.7 Å². The van der Waals surface area contributed by atoms with E-state index in [1.807, 2.05) is 6.92 Å². The number of carbonyl (C=O) groups is 8. The zero-order valence-electron chi connectivity index (χ0n) is 52.6. The second kappa shape index (κ2) is 23.1. The van der Waals surface area contributed by atoms with Gasteiger partial charge in [-0.2, -0.15) is 32.6 Å². The van der Waals surface area contributed by atoms with E-state index in [1.54, 1.807) is 67.6 Å². The van der Waals surface area contributed by atoms with Crippen molar-refractivity contribution in [1.29, 1.82) is 15.8 Å². The van der Waals surface area contributed by atoms with Crippen molar-refractivity contribution in [3.63, 3.8) is 0 Å². The number of nitrogens with zero attached hydrogens (tertiary/aromatic N) is 7. The molecule has 0 bridgehead atoms. The summed E-state index contributed by atoms with van der Waals surface area (Å²) in [5.41, 5.74) is 0.154. The molecular weight excluding hydrogens is 1320 g/mol. The van der Waals surface area contributed by atoms with Crippen molar-refractivity contribution >= 4 is 100 Å². The van der Waals surface area contributed by atoms with E-state index in [0.29, 0.717) is 44.7 Å². The maximum atomic E-state index is 14.9. The van der Waals surface area contributed by atoms with Gasteiger partial charge in [0.05, 0.1) is 39.7 Å². The van der Waals surface area contributed by atoms with Crippen LogP contribution >= 0.6 is 0 Å². The molecule has 0 spiro atoms. The number of imide groups is 4. The van der Waals surface area contributed by atoms with Crippen molar-refractivity contribution in [3.05, 3.63) is 236 Å². The summed E-state index contributed by atoms with van der Waals surface area (Å²) in [6, 6.07) is 43.5. The molecular formula is C74H45N7O17S2. The highest BCUT2D eigenvalue weighted by atomic mass is 32.2. The topological polar surface area (TPSA) is 357 Å². The van der Waals surface area contributed by atoms with Gasteiger partial charge in [-0.1, -0.05) is 31.2 Å². The molecule has 0 radical (unpaired) electrons. The Morgan fingerprint density at radius 2 is 0.820 bits per heavy atom. The van der Waals surface area contributed by atoms with Crippen molar-refractivity contribution < 1.29 is 78.5 Å². The van der Waals surface area contributed by atoms with Crippen LogP contribution in [-0.4, -0.2) is 95.6 Å². The molecule has 4 aliphatic heterocycles. The lowest BCUT2D eigenvalue weighted by molar-refractivity contribution is 0.0391. The number of carbonyl (C=O) groups excluding carboxylic acids is 8. The van der Waals surface area contributed by atoms with E-state index < -0.39 is 106 Å². The fraction of sp³-hybridized carbons (Fsp3) is 0.0946. The van der Waals surface area contributed by atoms with Gasteiger partial charge in [-0.3, -0.25) is 57.3 Å². The first kappa shape index (κ1) is 64.3. The van der Waals surface area contributed by atoms with E-state index in [9.17, 15) is 80.1 Å². The predicted molar refractivity (Wildman–Crippen MR) is 356 cm³/mol. The summed E-state index contributed by atoms with van der Waals surface area (Å²) < 4.78 is 92.5. The molecule has 0 aliphatic carbocycles. The smallest absolute Gasteiger partial charge is 0.298 e. The molecule has 10 aromatic rings. The molecule has 10 aromatic carbocycles. The molecule has 8 amide bonds. The lowest BCUT2D eigenvalue weighted by atomic mass is 9.79. The largest absolute Gasteiger partial charge is 0.456 e. The van der Waals surface area contributed by atoms with Gasteiger partial charge in [0.1, 0.15) is 56.4 Å². The summed E-state index contributed by atoms with van der Waals surface area (Å²) in [6.45, 7) is 6.42. The van der Waals surface area contributed by atoms with Crippen LogP contribution in [0, 0.1) is 40.9 Å². The number of aryl methyl sites for hydroxylation is 1. The van der Waals surface area contributed by atoms with Gasteiger partial charge in [0.25, 0.3) is 67.5 Å². The third-order valence-corrected chi connectivity index (χ3v) is 20.1. The zero-order chi connectivity index (χ0) is 71.1. The van der Waals surface area contributed by atoms with Crippen LogP contribution in [-0.2, 0) is 20.2 Å². The summed E-state index contributed by atoms with van der Waals surface area (Å²) in [5.74, 6) is -8.35. The van der Waals surface area contributed by atoms with E-state index in [-0.39, 0.29) is 94.4 Å². The van der Waals surface area contributed by atoms with Gasteiger partial charge in [-0.15, -0.1) is 0 Å². The van der Waals surface area contributed by atoms with Gasteiger partial charge in [-0.25, -0.2) is 9.80 Å². The van der Waals surface area contributed by atoms with Crippen molar-refractivity contribution in [3.8, 4) is 63.8 Å². The van der Waals surface area contributed by atoms with Crippen molar-refractivity contribution in [2.45, 2.75) is 48.9 Å². The minimum Gasteiger partial charge on any atom is -0.456 e. The third kappa shape index (κ3) is 10.1. The van der Waals surface area contributed by atoms with Gasteiger partial charge >= 0.3 is 0 Å². The molecule has 100 heavy (non-hydrogen) atoms. The lowest BCUT2D eigenvalue weighted by Gasteiger charge is -2.44. The van der Waals surface area contributed by atoms with Crippen molar-refractivity contribution in [1.82, 2.24) is 9.80 Å². The molecule has 4 heterocycles. The Morgan fingerprint density at radius 1 is 0.420 bits per heavy atom. The molecule has 0 fully saturated rings. The van der Waals surface area contributed by atoms with Gasteiger partial charge in [0.2, 0.25) is 0 Å². The van der Waals surface area contributed by atoms with Crippen molar-refractivity contribution in [2.75, 3.05) is 16.8 Å². The number of benzene rings is 10. The van der Waals surface area contributed by atoms with Gasteiger partial charge in [0.15, 0.2) is 0 Å². The van der Waals surface area contributed by atoms with Crippen LogP contribution in [0.3, 0.4) is 0 Å². The SMILES string of the molecule is Cc1ccc(Oc2ccc(Oc3ccc(N4C(=O)c5ccc6c7c(ccc(c57)C4=O)C(=O)N(C(C)(C)C(C)c4ccc(Oc5ccc(N7C(=O)c8ccc9c%10c(ccc(c8%10)C7=O)C(=O)N(C)C9=O)cc5S(=O)(=O)O)c(S(=O)(=O)O)c4)C6=O)cc3C#N)c(-c3ccc(C#N)cc3)c2)c(C#N)c1. The second-order valence-corrected chi connectivity index (χ2v) is 27.1. The Kier molecular flexibility index (Phi) is 14.8. The molecule has 0 saturated carbocycles. The third-order valence-electron chi connectivity index (χ3n) is 18.4. The van der Waals surface area contributed by atoms with Gasteiger partial charge in [0, 0.05) is 84.6 Å². The number of rotatable bonds is 14. The highest BCUT2D eigenvalue weighted by Gasteiger charge is 2.48. The van der Waals surface area contributed by atoms with Crippen LogP contribution < -0.4 is 24.0 Å². The van der Waals surface area contributed by atoms with Gasteiger partial charge in [-0.05, 0) is 177 Å². The number of anilines is 2. The Morgan fingerprint density at radius 3 is 1.30 bits per heavy atom. The first-order chi connectivity index (χ1) is 47.5. The molecule has 4 aliphatic rings. The standard InChI is InChI=1S/C74H45N7O17S2/c1-36-6-23-55(41(28-36)34-76)96-45-14-27-57(54(32-45)39-9-7-38(33-75)8-10-39)97-56-25-12-43(29-42(56)35-77)79-68(84)50-19-21-52-65-53(22-20-51(64(50)65)69(79)85)73(89)81(72(52)88)74(3,4)37(2)40-11-24-58(60(30-40)99(90,91)92)98-59-26-13-44(31-61(59)100(93,94)95)80-70(86)48-17-15-46-62-47(67(83)78(5)66(46)82)16-18-49(63(48)62)71(80)87/h6-32,37H,1-5H3,(H,90,91,92)(H,93,94,95). The molecule has 0 saturated heterocycles.